The molecule has 0 saturated carbocycles. The van der Waals surface area contributed by atoms with E-state index in [9.17, 15) is 0 Å². The lowest BCUT2D eigenvalue weighted by molar-refractivity contribution is 1.18. The lowest BCUT2D eigenvalue weighted by Gasteiger charge is -2.20. The highest BCUT2D eigenvalue weighted by atomic mass is 15.1. The molecule has 83 valence electrons. The van der Waals surface area contributed by atoms with Crippen molar-refractivity contribution < 1.29 is 0 Å². The second-order valence-corrected chi connectivity index (χ2v) is 4.71. The summed E-state index contributed by atoms with van der Waals surface area (Å²) in [5.41, 5.74) is 6.58. The standard InChI is InChI=1S/C15H15BN/c1-11-3-6-13(7-4-11)17-10-16-14-9-12(2)5-8-15(14)17/h3-9H,10H2,1-2H3. The van der Waals surface area contributed by atoms with Crippen molar-refractivity contribution in [1.82, 2.24) is 0 Å². The van der Waals surface area contributed by atoms with Crippen molar-refractivity contribution in [3.63, 3.8) is 0 Å². The average Bonchev–Trinajstić information content (AvgIpc) is 2.73. The van der Waals surface area contributed by atoms with Crippen molar-refractivity contribution in [1.29, 1.82) is 0 Å². The predicted molar refractivity (Wildman–Crippen MR) is 74.8 cm³/mol. The van der Waals surface area contributed by atoms with E-state index >= 15 is 0 Å². The van der Waals surface area contributed by atoms with Crippen LogP contribution in [0.15, 0.2) is 42.5 Å². The summed E-state index contributed by atoms with van der Waals surface area (Å²) < 4.78 is 0. The zero-order valence-electron chi connectivity index (χ0n) is 10.3. The first kappa shape index (κ1) is 10.5. The largest absolute Gasteiger partial charge is 0.350 e. The Morgan fingerprint density at radius 1 is 0.941 bits per heavy atom. The zero-order valence-corrected chi connectivity index (χ0v) is 10.3. The predicted octanol–water partition coefficient (Wildman–Crippen LogP) is 2.74. The lowest BCUT2D eigenvalue weighted by atomic mass is 9.72. The van der Waals surface area contributed by atoms with Gasteiger partial charge in [-0.1, -0.05) is 40.9 Å². The normalized spacial score (nSPS) is 13.4. The van der Waals surface area contributed by atoms with Crippen LogP contribution < -0.4 is 10.4 Å². The van der Waals surface area contributed by atoms with Crippen molar-refractivity contribution in [2.24, 2.45) is 0 Å². The van der Waals surface area contributed by atoms with Gasteiger partial charge in [-0.3, -0.25) is 0 Å². The van der Waals surface area contributed by atoms with Crippen LogP contribution in [0.1, 0.15) is 11.1 Å². The molecule has 0 aliphatic carbocycles. The third-order valence-electron chi connectivity index (χ3n) is 3.31. The smallest absolute Gasteiger partial charge is 0.180 e. The highest BCUT2D eigenvalue weighted by molar-refractivity contribution is 6.59. The van der Waals surface area contributed by atoms with Gasteiger partial charge in [0.15, 0.2) is 7.28 Å². The number of anilines is 2. The lowest BCUT2D eigenvalue weighted by Crippen LogP contribution is -2.15. The van der Waals surface area contributed by atoms with Crippen LogP contribution in [-0.4, -0.2) is 13.7 Å². The fourth-order valence-electron chi connectivity index (χ4n) is 2.34. The first-order chi connectivity index (χ1) is 8.24. The second kappa shape index (κ2) is 3.95. The number of aryl methyl sites for hydroxylation is 2. The highest BCUT2D eigenvalue weighted by Crippen LogP contribution is 2.27. The van der Waals surface area contributed by atoms with Gasteiger partial charge in [0.1, 0.15) is 0 Å². The maximum Gasteiger partial charge on any atom is 0.180 e. The first-order valence-electron chi connectivity index (χ1n) is 6.02. The van der Waals surface area contributed by atoms with Crippen LogP contribution in [0.3, 0.4) is 0 Å². The number of hydrogen-bond acceptors (Lipinski definition) is 1. The molecule has 1 nitrogen and oxygen atoms in total. The van der Waals surface area contributed by atoms with Crippen molar-refractivity contribution in [2.45, 2.75) is 13.8 Å². The Morgan fingerprint density at radius 2 is 1.65 bits per heavy atom. The molecule has 0 amide bonds. The molecule has 17 heavy (non-hydrogen) atoms. The van der Waals surface area contributed by atoms with E-state index in [1.807, 2.05) is 0 Å². The molecule has 2 aromatic carbocycles. The van der Waals surface area contributed by atoms with Gasteiger partial charge in [0, 0.05) is 11.4 Å². The molecule has 0 atom stereocenters. The molecular formula is C15H15BN. The monoisotopic (exact) mass is 220 g/mol. The van der Waals surface area contributed by atoms with Gasteiger partial charge in [-0.2, -0.15) is 0 Å². The maximum absolute atomic E-state index is 2.36. The zero-order chi connectivity index (χ0) is 11.8. The fraction of sp³-hybridized carbons (Fsp3) is 0.200. The van der Waals surface area contributed by atoms with Crippen LogP contribution >= 0.6 is 0 Å². The topological polar surface area (TPSA) is 3.24 Å². The second-order valence-electron chi connectivity index (χ2n) is 4.71. The Labute approximate surface area is 103 Å². The molecule has 0 spiro atoms. The summed E-state index contributed by atoms with van der Waals surface area (Å²) in [4.78, 5) is 2.36. The van der Waals surface area contributed by atoms with E-state index in [-0.39, 0.29) is 0 Å². The summed E-state index contributed by atoms with van der Waals surface area (Å²) in [6.07, 6.45) is 0.974. The molecule has 1 aliphatic heterocycles. The molecule has 0 aromatic heterocycles. The van der Waals surface area contributed by atoms with Crippen LogP contribution in [0.2, 0.25) is 0 Å². The third kappa shape index (κ3) is 1.84. The molecule has 1 aliphatic rings. The molecule has 3 rings (SSSR count). The summed E-state index contributed by atoms with van der Waals surface area (Å²) >= 11 is 0. The SMILES string of the molecule is Cc1ccc(N2C[B]c3cc(C)ccc32)cc1. The quantitative estimate of drug-likeness (QED) is 0.668. The highest BCUT2D eigenvalue weighted by Gasteiger charge is 2.20. The Balaban J connectivity index is 2.01. The summed E-state index contributed by atoms with van der Waals surface area (Å²) in [6.45, 7) is 4.26. The number of fused-ring (bicyclic) bond motifs is 1. The van der Waals surface area contributed by atoms with Gasteiger partial charge in [0.2, 0.25) is 0 Å². The molecule has 2 aromatic rings. The minimum absolute atomic E-state index is 0.974. The van der Waals surface area contributed by atoms with E-state index in [2.05, 4.69) is 68.5 Å². The van der Waals surface area contributed by atoms with Gasteiger partial charge in [-0.25, -0.2) is 0 Å². The Bertz CT molecular complexity index is 545. The van der Waals surface area contributed by atoms with Crippen LogP contribution in [0.4, 0.5) is 11.4 Å². The van der Waals surface area contributed by atoms with Crippen LogP contribution in [0.25, 0.3) is 0 Å². The molecule has 0 fully saturated rings. The van der Waals surface area contributed by atoms with Gasteiger partial charge < -0.3 is 4.90 Å². The fourth-order valence-corrected chi connectivity index (χ4v) is 2.34. The van der Waals surface area contributed by atoms with Gasteiger partial charge >= 0.3 is 0 Å². The minimum Gasteiger partial charge on any atom is -0.350 e. The van der Waals surface area contributed by atoms with Gasteiger partial charge in [-0.15, -0.1) is 0 Å². The van der Waals surface area contributed by atoms with E-state index in [1.54, 1.807) is 0 Å². The van der Waals surface area contributed by atoms with Crippen molar-refractivity contribution in [3.8, 4) is 0 Å². The van der Waals surface area contributed by atoms with E-state index in [4.69, 9.17) is 0 Å². The van der Waals surface area contributed by atoms with Crippen molar-refractivity contribution >= 4 is 24.1 Å². The van der Waals surface area contributed by atoms with Crippen molar-refractivity contribution in [3.05, 3.63) is 53.6 Å². The van der Waals surface area contributed by atoms with E-state index in [0.717, 1.165) is 6.44 Å². The summed E-state index contributed by atoms with van der Waals surface area (Å²) in [6, 6.07) is 15.4. The average molecular weight is 220 g/mol. The van der Waals surface area contributed by atoms with Gasteiger partial charge in [0.25, 0.3) is 0 Å². The molecule has 0 bridgehead atoms. The Hall–Kier alpha value is -1.70. The molecule has 1 radical (unpaired) electrons. The number of benzene rings is 2. The summed E-state index contributed by atoms with van der Waals surface area (Å²) in [7, 11) is 2.29. The van der Waals surface area contributed by atoms with E-state index < -0.39 is 0 Å². The molecule has 0 unspecified atom stereocenters. The van der Waals surface area contributed by atoms with Gasteiger partial charge in [0.05, 0.1) is 0 Å². The number of rotatable bonds is 1. The first-order valence-corrected chi connectivity index (χ1v) is 6.02. The molecular weight excluding hydrogens is 205 g/mol. The number of hydrogen-bond donors (Lipinski definition) is 0. The van der Waals surface area contributed by atoms with Crippen LogP contribution in [-0.2, 0) is 0 Å². The number of nitrogens with zero attached hydrogens (tertiary/aromatic N) is 1. The van der Waals surface area contributed by atoms with Gasteiger partial charge in [-0.05, 0) is 38.5 Å². The Morgan fingerprint density at radius 3 is 2.41 bits per heavy atom. The minimum atomic E-state index is 0.974. The molecule has 0 N–H and O–H groups in total. The maximum atomic E-state index is 2.36. The summed E-state index contributed by atoms with van der Waals surface area (Å²) in [5, 5.41) is 0. The van der Waals surface area contributed by atoms with E-state index in [1.165, 1.54) is 28.0 Å². The molecule has 2 heteroatoms. The van der Waals surface area contributed by atoms with Crippen LogP contribution in [0, 0.1) is 13.8 Å². The van der Waals surface area contributed by atoms with Crippen molar-refractivity contribution in [2.75, 3.05) is 11.3 Å². The molecule has 1 heterocycles. The third-order valence-corrected chi connectivity index (χ3v) is 3.31. The van der Waals surface area contributed by atoms with Crippen LogP contribution in [0.5, 0.6) is 0 Å². The Kier molecular flexibility index (Phi) is 2.43. The summed E-state index contributed by atoms with van der Waals surface area (Å²) in [5.74, 6) is 0. The van der Waals surface area contributed by atoms with E-state index in [0.29, 0.717) is 0 Å². The molecule has 0 saturated heterocycles.